The Balaban J connectivity index is 4.37. The monoisotopic (exact) mass is 206 g/mol. The summed E-state index contributed by atoms with van der Waals surface area (Å²) in [7, 11) is 0. The molecule has 0 bridgehead atoms. The summed E-state index contributed by atoms with van der Waals surface area (Å²) in [5, 5.41) is 17.9. The first kappa shape index (κ1) is 13.3. The van der Waals surface area contributed by atoms with Crippen molar-refractivity contribution < 1.29 is 10.2 Å². The summed E-state index contributed by atoms with van der Waals surface area (Å²) in [5.41, 5.74) is 1.82. The Hall–Kier alpha value is -1.70. The molecule has 0 aromatic heterocycles. The third-order valence-electron chi connectivity index (χ3n) is 1.92. The molecular formula is C13H18O2. The number of aliphatic hydroxyl groups is 2. The molecule has 0 aromatic carbocycles. The number of rotatable bonds is 6. The van der Waals surface area contributed by atoms with Gasteiger partial charge in [0.25, 0.3) is 0 Å². The maximum absolute atomic E-state index is 8.97. The standard InChI is InChI=1S/C13H18O2/c1-5-13(9-8-12(4)15)10(2)6-7-11(3)14/h5-7,14-15H,2-4,8-9H2,1H3/b7-6-,13-5+. The zero-order valence-corrected chi connectivity index (χ0v) is 9.16. The highest BCUT2D eigenvalue weighted by Gasteiger charge is 2.00. The molecule has 2 heteroatoms. The lowest BCUT2D eigenvalue weighted by atomic mass is 10.0. The van der Waals surface area contributed by atoms with Gasteiger partial charge in [-0.05, 0) is 30.6 Å². The summed E-state index contributed by atoms with van der Waals surface area (Å²) in [6.07, 6.45) is 6.31. The summed E-state index contributed by atoms with van der Waals surface area (Å²) in [6, 6.07) is 0. The van der Waals surface area contributed by atoms with E-state index in [1.165, 1.54) is 6.08 Å². The van der Waals surface area contributed by atoms with E-state index in [0.717, 1.165) is 11.1 Å². The zero-order valence-electron chi connectivity index (χ0n) is 9.16. The molecule has 0 radical (unpaired) electrons. The highest BCUT2D eigenvalue weighted by Crippen LogP contribution is 2.17. The van der Waals surface area contributed by atoms with Gasteiger partial charge in [-0.3, -0.25) is 0 Å². The molecule has 0 spiro atoms. The third-order valence-corrected chi connectivity index (χ3v) is 1.92. The summed E-state index contributed by atoms with van der Waals surface area (Å²) in [4.78, 5) is 0. The summed E-state index contributed by atoms with van der Waals surface area (Å²) >= 11 is 0. The van der Waals surface area contributed by atoms with E-state index in [-0.39, 0.29) is 11.5 Å². The smallest absolute Gasteiger partial charge is 0.108 e. The number of hydrogen-bond donors (Lipinski definition) is 2. The molecule has 0 heterocycles. The van der Waals surface area contributed by atoms with Gasteiger partial charge in [0.05, 0.1) is 5.76 Å². The van der Waals surface area contributed by atoms with Crippen LogP contribution in [0, 0.1) is 0 Å². The van der Waals surface area contributed by atoms with Crippen molar-refractivity contribution in [3.05, 3.63) is 60.6 Å². The molecule has 2 N–H and O–H groups in total. The van der Waals surface area contributed by atoms with Gasteiger partial charge in [0.2, 0.25) is 0 Å². The molecule has 0 aliphatic rings. The van der Waals surface area contributed by atoms with E-state index in [0.29, 0.717) is 12.8 Å². The molecular weight excluding hydrogens is 188 g/mol. The van der Waals surface area contributed by atoms with Gasteiger partial charge in [-0.1, -0.05) is 31.9 Å². The van der Waals surface area contributed by atoms with Crippen LogP contribution in [0.3, 0.4) is 0 Å². The third kappa shape index (κ3) is 6.38. The fraction of sp³-hybridized carbons (Fsp3) is 0.231. The van der Waals surface area contributed by atoms with Crippen LogP contribution in [0.2, 0.25) is 0 Å². The summed E-state index contributed by atoms with van der Waals surface area (Å²) in [5.74, 6) is 0.163. The van der Waals surface area contributed by atoms with Crippen molar-refractivity contribution in [1.29, 1.82) is 0 Å². The molecule has 0 aliphatic heterocycles. The highest BCUT2D eigenvalue weighted by molar-refractivity contribution is 5.38. The van der Waals surface area contributed by atoms with Crippen molar-refractivity contribution in [1.82, 2.24) is 0 Å². The molecule has 0 unspecified atom stereocenters. The molecule has 0 fully saturated rings. The Morgan fingerprint density at radius 3 is 2.07 bits per heavy atom. The predicted octanol–water partition coefficient (Wildman–Crippen LogP) is 3.97. The Morgan fingerprint density at radius 2 is 1.67 bits per heavy atom. The largest absolute Gasteiger partial charge is 0.513 e. The van der Waals surface area contributed by atoms with E-state index >= 15 is 0 Å². The highest BCUT2D eigenvalue weighted by atomic mass is 16.3. The Kier molecular flexibility index (Phi) is 5.95. The Bertz CT molecular complexity index is 319. The first-order valence-electron chi connectivity index (χ1n) is 4.74. The zero-order chi connectivity index (χ0) is 11.8. The van der Waals surface area contributed by atoms with Gasteiger partial charge in [0, 0.05) is 6.42 Å². The van der Waals surface area contributed by atoms with E-state index in [4.69, 9.17) is 10.2 Å². The molecule has 15 heavy (non-hydrogen) atoms. The molecule has 82 valence electrons. The van der Waals surface area contributed by atoms with Gasteiger partial charge in [-0.15, -0.1) is 0 Å². The van der Waals surface area contributed by atoms with E-state index in [1.54, 1.807) is 6.08 Å². The minimum Gasteiger partial charge on any atom is -0.513 e. The van der Waals surface area contributed by atoms with Crippen LogP contribution in [-0.4, -0.2) is 10.2 Å². The minimum absolute atomic E-state index is 0.00169. The normalized spacial score (nSPS) is 11.7. The number of allylic oxidation sites excluding steroid dienone is 6. The van der Waals surface area contributed by atoms with Crippen LogP contribution in [0.25, 0.3) is 0 Å². The van der Waals surface area contributed by atoms with Crippen molar-refractivity contribution in [2.45, 2.75) is 19.8 Å². The number of aliphatic hydroxyl groups excluding tert-OH is 2. The second-order valence-electron chi connectivity index (χ2n) is 3.23. The SMILES string of the molecule is C=C(O)/C=C\C(=C)/C(=C/C)CCC(=C)O. The van der Waals surface area contributed by atoms with Gasteiger partial charge in [0.1, 0.15) is 5.76 Å². The number of hydrogen-bond acceptors (Lipinski definition) is 2. The molecule has 0 aromatic rings. The molecule has 0 saturated heterocycles. The summed E-state index contributed by atoms with van der Waals surface area (Å²) < 4.78 is 0. The molecule has 0 amide bonds. The van der Waals surface area contributed by atoms with E-state index < -0.39 is 0 Å². The van der Waals surface area contributed by atoms with Crippen LogP contribution in [0.5, 0.6) is 0 Å². The van der Waals surface area contributed by atoms with Gasteiger partial charge in [-0.2, -0.15) is 0 Å². The molecule has 0 saturated carbocycles. The van der Waals surface area contributed by atoms with Crippen LogP contribution in [0.4, 0.5) is 0 Å². The first-order valence-corrected chi connectivity index (χ1v) is 4.74. The maximum Gasteiger partial charge on any atom is 0.108 e. The lowest BCUT2D eigenvalue weighted by molar-refractivity contribution is 0.391. The van der Waals surface area contributed by atoms with Crippen LogP contribution >= 0.6 is 0 Å². The van der Waals surface area contributed by atoms with Crippen LogP contribution < -0.4 is 0 Å². The Morgan fingerprint density at radius 1 is 1.07 bits per heavy atom. The van der Waals surface area contributed by atoms with Crippen molar-refractivity contribution in [2.75, 3.05) is 0 Å². The lowest BCUT2D eigenvalue weighted by Crippen LogP contribution is -1.88. The first-order chi connectivity index (χ1) is 6.97. The Labute approximate surface area is 91.3 Å². The molecule has 0 rings (SSSR count). The average molecular weight is 206 g/mol. The molecule has 2 nitrogen and oxygen atoms in total. The maximum atomic E-state index is 8.97. The summed E-state index contributed by atoms with van der Waals surface area (Å²) in [6.45, 7) is 12.5. The fourth-order valence-electron chi connectivity index (χ4n) is 1.07. The fourth-order valence-corrected chi connectivity index (χ4v) is 1.07. The van der Waals surface area contributed by atoms with Gasteiger partial charge in [0.15, 0.2) is 0 Å². The average Bonchev–Trinajstić information content (AvgIpc) is 2.15. The van der Waals surface area contributed by atoms with Crippen molar-refractivity contribution in [2.24, 2.45) is 0 Å². The van der Waals surface area contributed by atoms with Crippen molar-refractivity contribution in [3.63, 3.8) is 0 Å². The second kappa shape index (κ2) is 6.71. The van der Waals surface area contributed by atoms with E-state index in [9.17, 15) is 0 Å². The minimum atomic E-state index is -0.00169. The van der Waals surface area contributed by atoms with E-state index in [2.05, 4.69) is 19.7 Å². The second-order valence-corrected chi connectivity index (χ2v) is 3.23. The predicted molar refractivity (Wildman–Crippen MR) is 64.8 cm³/mol. The van der Waals surface area contributed by atoms with E-state index in [1.807, 2.05) is 13.0 Å². The van der Waals surface area contributed by atoms with Crippen LogP contribution in [-0.2, 0) is 0 Å². The van der Waals surface area contributed by atoms with Crippen LogP contribution in [0.1, 0.15) is 19.8 Å². The molecule has 0 aliphatic carbocycles. The topological polar surface area (TPSA) is 40.5 Å². The van der Waals surface area contributed by atoms with Crippen molar-refractivity contribution in [3.8, 4) is 0 Å². The quantitative estimate of drug-likeness (QED) is 0.510. The molecule has 0 atom stereocenters. The van der Waals surface area contributed by atoms with Gasteiger partial charge in [-0.25, -0.2) is 0 Å². The van der Waals surface area contributed by atoms with Gasteiger partial charge < -0.3 is 10.2 Å². The lowest BCUT2D eigenvalue weighted by Gasteiger charge is -2.06. The van der Waals surface area contributed by atoms with Crippen LogP contribution in [0.15, 0.2) is 60.6 Å². The van der Waals surface area contributed by atoms with Crippen molar-refractivity contribution >= 4 is 0 Å². The van der Waals surface area contributed by atoms with Gasteiger partial charge >= 0.3 is 0 Å².